The summed E-state index contributed by atoms with van der Waals surface area (Å²) in [7, 11) is 0. The maximum absolute atomic E-state index is 6.90. The number of imidazole rings is 1. The van der Waals surface area contributed by atoms with Gasteiger partial charge >= 0.3 is 0 Å². The molecule has 2 aromatic rings. The summed E-state index contributed by atoms with van der Waals surface area (Å²) in [5, 5.41) is 6.90. The maximum Gasteiger partial charge on any atom is 0.130 e. The Morgan fingerprint density at radius 1 is 1.37 bits per heavy atom. The van der Waals surface area contributed by atoms with E-state index in [1.54, 1.807) is 18.3 Å². The second-order valence-electron chi connectivity index (χ2n) is 4.03. The molecule has 1 aromatic carbocycles. The van der Waals surface area contributed by atoms with Crippen LogP contribution in [-0.2, 0) is 0 Å². The lowest BCUT2D eigenvalue weighted by Crippen LogP contribution is -1.88. The first-order valence-electron chi connectivity index (χ1n) is 5.79. The van der Waals surface area contributed by atoms with Gasteiger partial charge in [0.25, 0.3) is 0 Å². The molecule has 0 atom stereocenters. The van der Waals surface area contributed by atoms with E-state index in [1.807, 2.05) is 25.1 Å². The third-order valence-corrected chi connectivity index (χ3v) is 2.54. The first-order chi connectivity index (χ1) is 9.19. The molecule has 4 heteroatoms. The van der Waals surface area contributed by atoms with E-state index in [9.17, 15) is 0 Å². The number of nitrogens with two attached hydrogens (primary N) is 1. The first-order valence-corrected chi connectivity index (χ1v) is 5.79. The van der Waals surface area contributed by atoms with Crippen LogP contribution in [0.1, 0.15) is 22.6 Å². The third kappa shape index (κ3) is 3.33. The number of aromatic amines is 1. The van der Waals surface area contributed by atoms with Crippen molar-refractivity contribution in [2.75, 3.05) is 5.73 Å². The summed E-state index contributed by atoms with van der Waals surface area (Å²) in [6.45, 7) is 1.99. The second-order valence-corrected chi connectivity index (χ2v) is 4.03. The van der Waals surface area contributed by atoms with Gasteiger partial charge in [0.2, 0.25) is 0 Å². The molecule has 0 aliphatic heterocycles. The number of aromatic nitrogens is 2. The molecule has 4 nitrogen and oxygen atoms in total. The molecule has 0 aliphatic carbocycles. The van der Waals surface area contributed by atoms with Gasteiger partial charge in [0.1, 0.15) is 11.5 Å². The van der Waals surface area contributed by atoms with E-state index in [2.05, 4.69) is 21.8 Å². The number of hydrogen-bond donors (Lipinski definition) is 3. The Balaban J connectivity index is 2.24. The number of aryl methyl sites for hydroxylation is 1. The number of nitrogen functional groups attached to an aromatic ring is 1. The number of benzene rings is 1. The number of allylic oxidation sites excluding steroid dienone is 1. The molecule has 0 aliphatic rings. The molecule has 94 valence electrons. The van der Waals surface area contributed by atoms with Gasteiger partial charge in [0.05, 0.1) is 6.20 Å². The number of H-pyrrole nitrogens is 1. The van der Waals surface area contributed by atoms with Crippen LogP contribution in [0.15, 0.2) is 30.5 Å². The van der Waals surface area contributed by atoms with Crippen molar-refractivity contribution in [3.05, 3.63) is 53.1 Å². The molecule has 19 heavy (non-hydrogen) atoms. The lowest BCUT2D eigenvalue weighted by Gasteiger charge is -1.98. The van der Waals surface area contributed by atoms with Crippen molar-refractivity contribution in [1.29, 1.82) is 5.41 Å². The predicted molar refractivity (Wildman–Crippen MR) is 78.0 cm³/mol. The number of nitrogens with zero attached hydrogens (tertiary/aromatic N) is 1. The highest BCUT2D eigenvalue weighted by atomic mass is 14.9. The van der Waals surface area contributed by atoms with Crippen LogP contribution in [0.25, 0.3) is 6.08 Å². The molecule has 0 bridgehead atoms. The van der Waals surface area contributed by atoms with Gasteiger partial charge in [0, 0.05) is 17.5 Å². The van der Waals surface area contributed by atoms with E-state index in [0.29, 0.717) is 11.5 Å². The Kier molecular flexibility index (Phi) is 3.79. The van der Waals surface area contributed by atoms with E-state index < -0.39 is 0 Å². The van der Waals surface area contributed by atoms with E-state index >= 15 is 0 Å². The van der Waals surface area contributed by atoms with Crippen molar-refractivity contribution in [2.24, 2.45) is 0 Å². The van der Waals surface area contributed by atoms with Gasteiger partial charge in [0.15, 0.2) is 0 Å². The van der Waals surface area contributed by atoms with Gasteiger partial charge in [-0.15, -0.1) is 0 Å². The molecule has 0 spiro atoms. The summed E-state index contributed by atoms with van der Waals surface area (Å²) in [6, 6.07) is 5.66. The fourth-order valence-electron chi connectivity index (χ4n) is 1.53. The molecule has 0 amide bonds. The Labute approximate surface area is 111 Å². The average Bonchev–Trinajstić information content (AvgIpc) is 2.85. The Morgan fingerprint density at radius 3 is 3.00 bits per heavy atom. The minimum absolute atomic E-state index is 0.678. The molecule has 0 saturated heterocycles. The summed E-state index contributed by atoms with van der Waals surface area (Å²) >= 11 is 0. The van der Waals surface area contributed by atoms with Crippen LogP contribution in [0.5, 0.6) is 0 Å². The lowest BCUT2D eigenvalue weighted by molar-refractivity contribution is 1.26. The van der Waals surface area contributed by atoms with E-state index in [1.165, 1.54) is 6.21 Å². The van der Waals surface area contributed by atoms with Crippen LogP contribution in [0.4, 0.5) is 5.69 Å². The number of anilines is 1. The second kappa shape index (κ2) is 5.69. The Morgan fingerprint density at radius 2 is 2.21 bits per heavy atom. The molecule has 4 N–H and O–H groups in total. The van der Waals surface area contributed by atoms with E-state index in [-0.39, 0.29) is 0 Å². The quantitative estimate of drug-likeness (QED) is 0.434. The van der Waals surface area contributed by atoms with Crippen molar-refractivity contribution >= 4 is 18.0 Å². The van der Waals surface area contributed by atoms with Crippen LogP contribution in [-0.4, -0.2) is 16.2 Å². The summed E-state index contributed by atoms with van der Waals surface area (Å²) in [5.74, 6) is 6.76. The first kappa shape index (κ1) is 12.7. The SMILES string of the molecule is Cc1ccc(N)cc1C#Cc1cnc(/C=C\C=N)[nH]1. The van der Waals surface area contributed by atoms with Gasteiger partial charge in [-0.3, -0.25) is 0 Å². The normalized spacial score (nSPS) is 10.2. The van der Waals surface area contributed by atoms with Crippen molar-refractivity contribution in [2.45, 2.75) is 6.92 Å². The maximum atomic E-state index is 6.90. The summed E-state index contributed by atoms with van der Waals surface area (Å²) in [4.78, 5) is 7.18. The molecule has 2 rings (SSSR count). The fourth-order valence-corrected chi connectivity index (χ4v) is 1.53. The summed E-state index contributed by atoms with van der Waals surface area (Å²) in [5.41, 5.74) is 9.16. The molecule has 0 saturated carbocycles. The van der Waals surface area contributed by atoms with Gasteiger partial charge in [-0.1, -0.05) is 12.0 Å². The average molecular weight is 250 g/mol. The molecule has 1 aromatic heterocycles. The third-order valence-electron chi connectivity index (χ3n) is 2.54. The molecule has 0 unspecified atom stereocenters. The topological polar surface area (TPSA) is 78.5 Å². The van der Waals surface area contributed by atoms with Crippen molar-refractivity contribution < 1.29 is 0 Å². The van der Waals surface area contributed by atoms with Crippen molar-refractivity contribution in [1.82, 2.24) is 9.97 Å². The summed E-state index contributed by atoms with van der Waals surface area (Å²) in [6.07, 6.45) is 6.17. The van der Waals surface area contributed by atoms with Crippen molar-refractivity contribution in [3.8, 4) is 11.8 Å². The van der Waals surface area contributed by atoms with Crippen LogP contribution < -0.4 is 5.73 Å². The van der Waals surface area contributed by atoms with Crippen molar-refractivity contribution in [3.63, 3.8) is 0 Å². The molecule has 1 heterocycles. The van der Waals surface area contributed by atoms with Gasteiger partial charge in [-0.2, -0.15) is 0 Å². The molecule has 0 fully saturated rings. The molecule has 0 radical (unpaired) electrons. The zero-order valence-corrected chi connectivity index (χ0v) is 10.6. The van der Waals surface area contributed by atoms with E-state index in [0.717, 1.165) is 16.8 Å². The zero-order valence-electron chi connectivity index (χ0n) is 10.6. The zero-order chi connectivity index (χ0) is 13.7. The van der Waals surface area contributed by atoms with Crippen LogP contribution >= 0.6 is 0 Å². The Hall–Kier alpha value is -2.80. The highest BCUT2D eigenvalue weighted by Crippen LogP contribution is 2.11. The standard InChI is InChI=1S/C15H14N4/c1-11-4-6-13(17)9-12(11)5-7-14-10-18-15(19-14)3-2-8-16/h2-4,6,8-10,16H,17H2,1H3,(H,18,19)/b3-2-,16-8?. The van der Waals surface area contributed by atoms with Crippen LogP contribution in [0.3, 0.4) is 0 Å². The van der Waals surface area contributed by atoms with Gasteiger partial charge < -0.3 is 16.1 Å². The van der Waals surface area contributed by atoms with E-state index in [4.69, 9.17) is 11.1 Å². The molecular formula is C15H14N4. The minimum Gasteiger partial charge on any atom is -0.399 e. The minimum atomic E-state index is 0.678. The molecular weight excluding hydrogens is 236 g/mol. The van der Waals surface area contributed by atoms with Gasteiger partial charge in [-0.05, 0) is 42.7 Å². The van der Waals surface area contributed by atoms with Crippen LogP contribution in [0, 0.1) is 24.2 Å². The van der Waals surface area contributed by atoms with Gasteiger partial charge in [-0.25, -0.2) is 4.98 Å². The van der Waals surface area contributed by atoms with Crippen LogP contribution in [0.2, 0.25) is 0 Å². The largest absolute Gasteiger partial charge is 0.399 e. The Bertz CT molecular complexity index is 684. The number of hydrogen-bond acceptors (Lipinski definition) is 3. The number of nitrogens with one attached hydrogen (secondary N) is 2. The fraction of sp³-hybridized carbons (Fsp3) is 0.0667. The smallest absolute Gasteiger partial charge is 0.130 e. The highest BCUT2D eigenvalue weighted by Gasteiger charge is 1.96. The highest BCUT2D eigenvalue weighted by molar-refractivity contribution is 5.74. The summed E-state index contributed by atoms with van der Waals surface area (Å²) < 4.78 is 0. The monoisotopic (exact) mass is 250 g/mol. The lowest BCUT2D eigenvalue weighted by atomic mass is 10.1. The predicted octanol–water partition coefficient (Wildman–Crippen LogP) is 2.36. The number of rotatable bonds is 2.